The minimum atomic E-state index is -0.920. The molecular formula is C20H22N4O4. The van der Waals surface area contributed by atoms with Gasteiger partial charge in [-0.05, 0) is 37.0 Å². The van der Waals surface area contributed by atoms with Crippen molar-refractivity contribution in [3.05, 3.63) is 34.9 Å². The number of nitrogens with zero attached hydrogens (tertiary/aromatic N) is 2. The van der Waals surface area contributed by atoms with Gasteiger partial charge in [-0.15, -0.1) is 0 Å². The molecule has 3 fully saturated rings. The molecule has 28 heavy (non-hydrogen) atoms. The third-order valence-corrected chi connectivity index (χ3v) is 6.39. The van der Waals surface area contributed by atoms with Crippen LogP contribution in [0.3, 0.4) is 0 Å². The summed E-state index contributed by atoms with van der Waals surface area (Å²) in [5.74, 6) is -1.85. The highest BCUT2D eigenvalue weighted by molar-refractivity contribution is 6.23. The van der Waals surface area contributed by atoms with E-state index in [0.29, 0.717) is 11.1 Å². The van der Waals surface area contributed by atoms with Crippen molar-refractivity contribution >= 4 is 23.6 Å². The summed E-state index contributed by atoms with van der Waals surface area (Å²) in [4.78, 5) is 52.7. The van der Waals surface area contributed by atoms with E-state index in [1.165, 1.54) is 12.8 Å². The highest BCUT2D eigenvalue weighted by Crippen LogP contribution is 2.43. The van der Waals surface area contributed by atoms with E-state index in [1.807, 2.05) is 6.07 Å². The molecule has 0 aromatic heterocycles. The molecule has 8 nitrogen and oxygen atoms in total. The van der Waals surface area contributed by atoms with Crippen molar-refractivity contribution in [2.45, 2.75) is 43.8 Å². The minimum Gasteiger partial charge on any atom is -0.314 e. The second-order valence-electron chi connectivity index (χ2n) is 8.15. The Kier molecular flexibility index (Phi) is 3.89. The van der Waals surface area contributed by atoms with Crippen molar-refractivity contribution < 1.29 is 19.2 Å². The third kappa shape index (κ3) is 2.67. The van der Waals surface area contributed by atoms with Crippen molar-refractivity contribution in [2.24, 2.45) is 0 Å². The number of carbonyl (C=O) groups is 4. The Morgan fingerprint density at radius 2 is 1.86 bits per heavy atom. The lowest BCUT2D eigenvalue weighted by Gasteiger charge is -2.36. The summed E-state index contributed by atoms with van der Waals surface area (Å²) in [5, 5.41) is 5.67. The maximum absolute atomic E-state index is 12.9. The van der Waals surface area contributed by atoms with Crippen LogP contribution in [0.5, 0.6) is 0 Å². The first-order valence-corrected chi connectivity index (χ1v) is 9.79. The van der Waals surface area contributed by atoms with Gasteiger partial charge in [0, 0.05) is 38.1 Å². The SMILES string of the molecule is O=C1CCC(N2C(=O)c3ccc(CN4CCNCC45CC5)cc3C2=O)C(=O)N1. The molecule has 8 heteroatoms. The van der Waals surface area contributed by atoms with Gasteiger partial charge >= 0.3 is 0 Å². The molecule has 1 unspecified atom stereocenters. The second kappa shape index (κ2) is 6.22. The van der Waals surface area contributed by atoms with Crippen molar-refractivity contribution in [1.82, 2.24) is 20.4 Å². The number of amides is 4. The van der Waals surface area contributed by atoms with Gasteiger partial charge in [0.1, 0.15) is 6.04 Å². The smallest absolute Gasteiger partial charge is 0.262 e. The lowest BCUT2D eigenvalue weighted by atomic mass is 10.0. The van der Waals surface area contributed by atoms with Crippen LogP contribution in [0, 0.1) is 0 Å². The number of nitrogens with one attached hydrogen (secondary N) is 2. The van der Waals surface area contributed by atoms with Gasteiger partial charge in [0.2, 0.25) is 11.8 Å². The van der Waals surface area contributed by atoms with Crippen LogP contribution in [-0.2, 0) is 16.1 Å². The minimum absolute atomic E-state index is 0.125. The number of piperidine rings is 1. The Bertz CT molecular complexity index is 907. The summed E-state index contributed by atoms with van der Waals surface area (Å²) in [5.41, 5.74) is 1.93. The van der Waals surface area contributed by atoms with Crippen LogP contribution in [0.1, 0.15) is 52.0 Å². The fourth-order valence-corrected chi connectivity index (χ4v) is 4.61. The zero-order valence-corrected chi connectivity index (χ0v) is 15.5. The molecule has 1 saturated carbocycles. The number of fused-ring (bicyclic) bond motifs is 1. The van der Waals surface area contributed by atoms with Crippen LogP contribution in [0.2, 0.25) is 0 Å². The van der Waals surface area contributed by atoms with E-state index in [0.717, 1.165) is 36.6 Å². The molecule has 4 aliphatic rings. The topological polar surface area (TPSA) is 98.8 Å². The van der Waals surface area contributed by atoms with Gasteiger partial charge in [0.05, 0.1) is 11.1 Å². The molecule has 3 heterocycles. The highest BCUT2D eigenvalue weighted by atomic mass is 16.2. The van der Waals surface area contributed by atoms with Crippen molar-refractivity contribution in [2.75, 3.05) is 19.6 Å². The molecular weight excluding hydrogens is 360 g/mol. The molecule has 1 spiro atoms. The van der Waals surface area contributed by atoms with Gasteiger partial charge < -0.3 is 5.32 Å². The van der Waals surface area contributed by atoms with Gasteiger partial charge in [0.15, 0.2) is 0 Å². The molecule has 5 rings (SSSR count). The molecule has 2 saturated heterocycles. The summed E-state index contributed by atoms with van der Waals surface area (Å²) < 4.78 is 0. The molecule has 2 N–H and O–H groups in total. The fraction of sp³-hybridized carbons (Fsp3) is 0.500. The Morgan fingerprint density at radius 1 is 1.07 bits per heavy atom. The molecule has 1 aromatic carbocycles. The first-order chi connectivity index (χ1) is 13.5. The summed E-state index contributed by atoms with van der Waals surface area (Å²) in [6, 6.07) is 4.46. The Hall–Kier alpha value is -2.58. The van der Waals surface area contributed by atoms with Gasteiger partial charge in [-0.25, -0.2) is 0 Å². The van der Waals surface area contributed by atoms with Gasteiger partial charge in [-0.1, -0.05) is 6.07 Å². The van der Waals surface area contributed by atoms with Crippen LogP contribution in [0.15, 0.2) is 18.2 Å². The van der Waals surface area contributed by atoms with E-state index >= 15 is 0 Å². The number of hydrogen-bond donors (Lipinski definition) is 2. The van der Waals surface area contributed by atoms with Crippen LogP contribution in [0.4, 0.5) is 0 Å². The Morgan fingerprint density at radius 3 is 2.61 bits per heavy atom. The Balaban J connectivity index is 1.39. The first-order valence-electron chi connectivity index (χ1n) is 9.79. The standard InChI is InChI=1S/C20H22N4O4/c25-16-4-3-15(17(26)22-16)24-18(27)13-2-1-12(9-14(13)19(24)28)10-23-8-7-21-11-20(23)5-6-20/h1-2,9,15,21H,3-8,10-11H2,(H,22,25,26). The summed E-state index contributed by atoms with van der Waals surface area (Å²) in [6.07, 6.45) is 2.67. The van der Waals surface area contributed by atoms with E-state index in [2.05, 4.69) is 15.5 Å². The van der Waals surface area contributed by atoms with E-state index in [-0.39, 0.29) is 24.3 Å². The summed E-state index contributed by atoms with van der Waals surface area (Å²) >= 11 is 0. The average molecular weight is 382 g/mol. The predicted molar refractivity (Wildman–Crippen MR) is 98.4 cm³/mol. The number of hydrogen-bond acceptors (Lipinski definition) is 6. The molecule has 3 aliphatic heterocycles. The van der Waals surface area contributed by atoms with E-state index in [1.54, 1.807) is 12.1 Å². The zero-order chi connectivity index (χ0) is 19.5. The number of imide groups is 2. The Labute approximate surface area is 162 Å². The highest BCUT2D eigenvalue weighted by Gasteiger charge is 2.49. The number of piperazine rings is 1. The molecule has 0 radical (unpaired) electrons. The monoisotopic (exact) mass is 382 g/mol. The van der Waals surface area contributed by atoms with Crippen LogP contribution in [-0.4, -0.2) is 64.6 Å². The predicted octanol–water partition coefficient (Wildman–Crippen LogP) is 0.0256. The second-order valence-corrected chi connectivity index (χ2v) is 8.15. The van der Waals surface area contributed by atoms with Crippen molar-refractivity contribution in [3.63, 3.8) is 0 Å². The third-order valence-electron chi connectivity index (χ3n) is 6.39. The maximum Gasteiger partial charge on any atom is 0.262 e. The maximum atomic E-state index is 12.9. The number of benzene rings is 1. The lowest BCUT2D eigenvalue weighted by molar-refractivity contribution is -0.136. The van der Waals surface area contributed by atoms with Crippen LogP contribution >= 0.6 is 0 Å². The van der Waals surface area contributed by atoms with E-state index in [9.17, 15) is 19.2 Å². The number of rotatable bonds is 3. The van der Waals surface area contributed by atoms with Crippen molar-refractivity contribution in [1.29, 1.82) is 0 Å². The fourth-order valence-electron chi connectivity index (χ4n) is 4.61. The molecule has 4 amide bonds. The van der Waals surface area contributed by atoms with Gasteiger partial charge in [0.25, 0.3) is 11.8 Å². The first kappa shape index (κ1) is 17.5. The molecule has 1 aromatic rings. The lowest BCUT2D eigenvalue weighted by Crippen LogP contribution is -2.54. The van der Waals surface area contributed by atoms with Crippen LogP contribution < -0.4 is 10.6 Å². The largest absolute Gasteiger partial charge is 0.314 e. The van der Waals surface area contributed by atoms with Gasteiger partial charge in [-0.3, -0.25) is 34.3 Å². The summed E-state index contributed by atoms with van der Waals surface area (Å²) in [6.45, 7) is 3.66. The molecule has 1 aliphatic carbocycles. The quantitative estimate of drug-likeness (QED) is 0.716. The van der Waals surface area contributed by atoms with Gasteiger partial charge in [-0.2, -0.15) is 0 Å². The molecule has 1 atom stereocenters. The molecule has 146 valence electrons. The van der Waals surface area contributed by atoms with Crippen molar-refractivity contribution in [3.8, 4) is 0 Å². The average Bonchev–Trinajstić information content (AvgIpc) is 3.40. The van der Waals surface area contributed by atoms with E-state index < -0.39 is 23.8 Å². The molecule has 0 bridgehead atoms. The van der Waals surface area contributed by atoms with Crippen LogP contribution in [0.25, 0.3) is 0 Å². The number of carbonyl (C=O) groups excluding carboxylic acids is 4. The van der Waals surface area contributed by atoms with E-state index in [4.69, 9.17) is 0 Å². The normalized spacial score (nSPS) is 26.6. The summed E-state index contributed by atoms with van der Waals surface area (Å²) in [7, 11) is 0. The zero-order valence-electron chi connectivity index (χ0n) is 15.5.